The molecule has 0 aromatic heterocycles. The van der Waals surface area contributed by atoms with Gasteiger partial charge in [0.15, 0.2) is 0 Å². The van der Waals surface area contributed by atoms with Gasteiger partial charge in [-0.2, -0.15) is 0 Å². The van der Waals surface area contributed by atoms with Crippen LogP contribution in [0.15, 0.2) is 24.3 Å². The van der Waals surface area contributed by atoms with E-state index in [9.17, 15) is 0 Å². The molecule has 1 fully saturated rings. The van der Waals surface area contributed by atoms with Crippen molar-refractivity contribution in [2.45, 2.75) is 44.4 Å². The molecular weight excluding hydrogens is 180 g/mol. The van der Waals surface area contributed by atoms with E-state index in [-0.39, 0.29) is 0 Å². The Labute approximate surface area is 92.0 Å². The van der Waals surface area contributed by atoms with Gasteiger partial charge in [0.25, 0.3) is 0 Å². The Morgan fingerprint density at radius 1 is 1.07 bits per heavy atom. The lowest BCUT2D eigenvalue weighted by Gasteiger charge is -2.22. The van der Waals surface area contributed by atoms with Gasteiger partial charge in [0.05, 0.1) is 0 Å². The fourth-order valence-electron chi connectivity index (χ4n) is 2.87. The highest BCUT2D eigenvalue weighted by Gasteiger charge is 2.16. The Morgan fingerprint density at radius 2 is 1.93 bits per heavy atom. The van der Waals surface area contributed by atoms with E-state index >= 15 is 0 Å². The van der Waals surface area contributed by atoms with Crippen LogP contribution < -0.4 is 0 Å². The van der Waals surface area contributed by atoms with Gasteiger partial charge in [0.2, 0.25) is 0 Å². The van der Waals surface area contributed by atoms with E-state index in [0.717, 1.165) is 12.3 Å². The molecule has 0 unspecified atom stereocenters. The van der Waals surface area contributed by atoms with E-state index in [2.05, 4.69) is 30.4 Å². The highest BCUT2D eigenvalue weighted by atomic mass is 14.2. The third kappa shape index (κ3) is 1.73. The van der Waals surface area contributed by atoms with Crippen molar-refractivity contribution < 1.29 is 0 Å². The number of hydrogen-bond donors (Lipinski definition) is 0. The lowest BCUT2D eigenvalue weighted by Crippen LogP contribution is -2.04. The van der Waals surface area contributed by atoms with E-state index in [0.29, 0.717) is 0 Å². The minimum atomic E-state index is 0.825. The highest BCUT2D eigenvalue weighted by molar-refractivity contribution is 5.42. The molecule has 0 heteroatoms. The number of benzene rings is 1. The molecule has 3 rings (SSSR count). The molecule has 0 atom stereocenters. The predicted molar refractivity (Wildman–Crippen MR) is 62.9 cm³/mol. The van der Waals surface area contributed by atoms with Crippen LogP contribution in [0.1, 0.15) is 54.7 Å². The maximum Gasteiger partial charge on any atom is -0.00819 e. The molecule has 1 radical (unpaired) electrons. The first kappa shape index (κ1) is 9.21. The Bertz CT molecular complexity index is 381. The zero-order valence-electron chi connectivity index (χ0n) is 9.13. The Hall–Kier alpha value is -1.04. The van der Waals surface area contributed by atoms with Crippen LogP contribution in [-0.4, -0.2) is 0 Å². The normalized spacial score (nSPS) is 20.5. The van der Waals surface area contributed by atoms with E-state index < -0.39 is 0 Å². The van der Waals surface area contributed by atoms with Gasteiger partial charge in [0, 0.05) is 0 Å². The summed E-state index contributed by atoms with van der Waals surface area (Å²) in [6.07, 6.45) is 13.6. The molecule has 2 aliphatic rings. The quantitative estimate of drug-likeness (QED) is 0.638. The van der Waals surface area contributed by atoms with E-state index in [1.807, 2.05) is 0 Å². The fourth-order valence-corrected chi connectivity index (χ4v) is 2.87. The van der Waals surface area contributed by atoms with Crippen molar-refractivity contribution in [2.24, 2.45) is 0 Å². The number of hydrogen-bond acceptors (Lipinski definition) is 0. The first-order chi connectivity index (χ1) is 7.43. The zero-order chi connectivity index (χ0) is 10.1. The summed E-state index contributed by atoms with van der Waals surface area (Å²) in [5, 5.41) is 0. The van der Waals surface area contributed by atoms with Crippen molar-refractivity contribution in [1.82, 2.24) is 0 Å². The molecule has 0 heterocycles. The van der Waals surface area contributed by atoms with Crippen molar-refractivity contribution in [1.29, 1.82) is 0 Å². The molecule has 1 saturated carbocycles. The van der Waals surface area contributed by atoms with Crippen LogP contribution in [-0.2, 0) is 6.42 Å². The predicted octanol–water partition coefficient (Wildman–Crippen LogP) is 4.00. The monoisotopic (exact) mass is 197 g/mol. The van der Waals surface area contributed by atoms with Crippen LogP contribution in [0.4, 0.5) is 0 Å². The zero-order valence-corrected chi connectivity index (χ0v) is 9.13. The standard InChI is InChI=1S/C15H17/c1-2-5-12(6-3-1)15-10-9-13-7-4-8-14(13)11-15/h4,9-12H,1-3,5-7H2. The van der Waals surface area contributed by atoms with Gasteiger partial charge in [0.1, 0.15) is 0 Å². The smallest absolute Gasteiger partial charge is 0.00819 e. The number of rotatable bonds is 1. The second-order valence-electron chi connectivity index (χ2n) is 4.80. The number of fused-ring (bicyclic) bond motifs is 1. The molecule has 0 spiro atoms. The molecule has 0 aliphatic heterocycles. The fraction of sp³-hybridized carbons (Fsp3) is 0.467. The summed E-state index contributed by atoms with van der Waals surface area (Å²) in [7, 11) is 0. The average Bonchev–Trinajstić information content (AvgIpc) is 2.77. The second kappa shape index (κ2) is 3.84. The average molecular weight is 197 g/mol. The van der Waals surface area contributed by atoms with Crippen LogP contribution in [0.5, 0.6) is 0 Å². The van der Waals surface area contributed by atoms with Gasteiger partial charge in [-0.15, -0.1) is 0 Å². The molecule has 0 bridgehead atoms. The molecule has 0 amide bonds. The largest absolute Gasteiger partial charge is 0.0716 e. The lowest BCUT2D eigenvalue weighted by molar-refractivity contribution is 0.443. The summed E-state index contributed by atoms with van der Waals surface area (Å²) in [6, 6.07) is 7.01. The number of allylic oxidation sites excluding steroid dienone is 1. The van der Waals surface area contributed by atoms with Gasteiger partial charge in [-0.05, 0) is 47.9 Å². The molecule has 2 aliphatic carbocycles. The summed E-state index contributed by atoms with van der Waals surface area (Å²) < 4.78 is 0. The summed E-state index contributed by atoms with van der Waals surface area (Å²) in [5.74, 6) is 0.825. The molecular formula is C15H17. The molecule has 77 valence electrons. The van der Waals surface area contributed by atoms with Gasteiger partial charge < -0.3 is 0 Å². The maximum absolute atomic E-state index is 3.35. The topological polar surface area (TPSA) is 0 Å². The van der Waals surface area contributed by atoms with Crippen molar-refractivity contribution >= 4 is 0 Å². The van der Waals surface area contributed by atoms with Crippen LogP contribution in [0.3, 0.4) is 0 Å². The first-order valence-electron chi connectivity index (χ1n) is 6.14. The van der Waals surface area contributed by atoms with Crippen molar-refractivity contribution in [3.05, 3.63) is 47.0 Å². The Kier molecular flexibility index (Phi) is 2.36. The van der Waals surface area contributed by atoms with Gasteiger partial charge in [-0.1, -0.05) is 43.5 Å². The van der Waals surface area contributed by atoms with E-state index in [1.165, 1.54) is 43.2 Å². The minimum absolute atomic E-state index is 0.825. The summed E-state index contributed by atoms with van der Waals surface area (Å²) in [6.45, 7) is 0. The van der Waals surface area contributed by atoms with Crippen molar-refractivity contribution in [2.75, 3.05) is 0 Å². The lowest BCUT2D eigenvalue weighted by atomic mass is 9.83. The highest BCUT2D eigenvalue weighted by Crippen LogP contribution is 2.34. The van der Waals surface area contributed by atoms with Crippen LogP contribution in [0.25, 0.3) is 0 Å². The van der Waals surface area contributed by atoms with Gasteiger partial charge in [-0.25, -0.2) is 0 Å². The summed E-state index contributed by atoms with van der Waals surface area (Å²) >= 11 is 0. The van der Waals surface area contributed by atoms with E-state index in [1.54, 1.807) is 5.56 Å². The first-order valence-corrected chi connectivity index (χ1v) is 6.14. The second-order valence-corrected chi connectivity index (χ2v) is 4.80. The Morgan fingerprint density at radius 3 is 2.80 bits per heavy atom. The third-order valence-electron chi connectivity index (χ3n) is 3.79. The minimum Gasteiger partial charge on any atom is -0.0716 e. The van der Waals surface area contributed by atoms with Crippen molar-refractivity contribution in [3.8, 4) is 0 Å². The Balaban J connectivity index is 1.88. The van der Waals surface area contributed by atoms with E-state index in [4.69, 9.17) is 0 Å². The van der Waals surface area contributed by atoms with Crippen LogP contribution in [0, 0.1) is 6.08 Å². The molecule has 1 aromatic rings. The van der Waals surface area contributed by atoms with Crippen LogP contribution in [0.2, 0.25) is 0 Å². The SMILES string of the molecule is [C]1=CCc2ccc(C3CCCCC3)cc21. The maximum atomic E-state index is 3.35. The van der Waals surface area contributed by atoms with Crippen molar-refractivity contribution in [3.63, 3.8) is 0 Å². The molecule has 1 aromatic carbocycles. The third-order valence-corrected chi connectivity index (χ3v) is 3.79. The van der Waals surface area contributed by atoms with Gasteiger partial charge >= 0.3 is 0 Å². The molecule has 0 saturated heterocycles. The van der Waals surface area contributed by atoms with Crippen LogP contribution >= 0.6 is 0 Å². The summed E-state index contributed by atoms with van der Waals surface area (Å²) in [5.41, 5.74) is 4.35. The summed E-state index contributed by atoms with van der Waals surface area (Å²) in [4.78, 5) is 0. The molecule has 15 heavy (non-hydrogen) atoms. The van der Waals surface area contributed by atoms with Gasteiger partial charge in [-0.3, -0.25) is 0 Å². The molecule has 0 nitrogen and oxygen atoms in total. The molecule has 0 N–H and O–H groups in total.